The Balaban J connectivity index is 1.46. The molecule has 1 aliphatic carbocycles. The van der Waals surface area contributed by atoms with Crippen LogP contribution in [0.1, 0.15) is 31.0 Å². The van der Waals surface area contributed by atoms with Crippen molar-refractivity contribution < 1.29 is 4.79 Å². The molecule has 2 aromatic rings. The third kappa shape index (κ3) is 3.60. The molecular formula is C19H22ClN5O. The number of urea groups is 1. The molecule has 26 heavy (non-hydrogen) atoms. The molecule has 0 spiro atoms. The average Bonchev–Trinajstić information content (AvgIpc) is 3.47. The van der Waals surface area contributed by atoms with Crippen molar-refractivity contribution >= 4 is 29.3 Å². The second kappa shape index (κ2) is 7.11. The molecule has 4 rings (SSSR count). The van der Waals surface area contributed by atoms with Crippen molar-refractivity contribution in [3.63, 3.8) is 0 Å². The van der Waals surface area contributed by atoms with Crippen LogP contribution in [-0.4, -0.2) is 44.9 Å². The van der Waals surface area contributed by atoms with Crippen molar-refractivity contribution in [2.24, 2.45) is 0 Å². The predicted octanol–water partition coefficient (Wildman–Crippen LogP) is 3.84. The standard InChI is InChI=1S/C19H22ClN5O/c1-2-25(16-6-7-16)19(26)24-9-8-17-13(12-24)11-21-18(23-17)22-15-5-3-4-14(20)10-15/h3-5,10-11,16H,2,6-9,12H2,1H3,(H,21,22,23). The summed E-state index contributed by atoms with van der Waals surface area (Å²) >= 11 is 6.01. The van der Waals surface area contributed by atoms with Gasteiger partial charge in [0.15, 0.2) is 0 Å². The fourth-order valence-electron chi connectivity index (χ4n) is 3.35. The molecule has 7 heteroatoms. The number of halogens is 1. The van der Waals surface area contributed by atoms with Gasteiger partial charge in [0.2, 0.25) is 5.95 Å². The fraction of sp³-hybridized carbons (Fsp3) is 0.421. The Kier molecular flexibility index (Phi) is 4.68. The van der Waals surface area contributed by atoms with Gasteiger partial charge >= 0.3 is 6.03 Å². The van der Waals surface area contributed by atoms with Crippen LogP contribution < -0.4 is 5.32 Å². The first-order valence-electron chi connectivity index (χ1n) is 9.07. The summed E-state index contributed by atoms with van der Waals surface area (Å²) in [7, 11) is 0. The number of hydrogen-bond acceptors (Lipinski definition) is 4. The normalized spacial score (nSPS) is 16.2. The summed E-state index contributed by atoms with van der Waals surface area (Å²) < 4.78 is 0. The molecule has 0 bridgehead atoms. The number of hydrogen-bond donors (Lipinski definition) is 1. The minimum absolute atomic E-state index is 0.141. The van der Waals surface area contributed by atoms with Crippen LogP contribution in [-0.2, 0) is 13.0 Å². The molecule has 1 saturated carbocycles. The minimum atomic E-state index is 0.141. The highest BCUT2D eigenvalue weighted by atomic mass is 35.5. The van der Waals surface area contributed by atoms with E-state index in [1.165, 1.54) is 0 Å². The number of anilines is 2. The van der Waals surface area contributed by atoms with Crippen molar-refractivity contribution in [3.8, 4) is 0 Å². The Morgan fingerprint density at radius 3 is 3.00 bits per heavy atom. The lowest BCUT2D eigenvalue weighted by Gasteiger charge is -2.33. The number of carbonyl (C=O) groups excluding carboxylic acids is 1. The Morgan fingerprint density at radius 2 is 2.27 bits per heavy atom. The van der Waals surface area contributed by atoms with Crippen molar-refractivity contribution in [2.75, 3.05) is 18.4 Å². The molecule has 0 unspecified atom stereocenters. The highest BCUT2D eigenvalue weighted by Gasteiger charge is 2.34. The van der Waals surface area contributed by atoms with Crippen molar-refractivity contribution in [1.29, 1.82) is 0 Å². The second-order valence-electron chi connectivity index (χ2n) is 6.77. The van der Waals surface area contributed by atoms with Crippen LogP contribution in [0, 0.1) is 0 Å². The van der Waals surface area contributed by atoms with Gasteiger partial charge in [-0.05, 0) is 38.0 Å². The maximum Gasteiger partial charge on any atom is 0.320 e. The molecule has 1 N–H and O–H groups in total. The van der Waals surface area contributed by atoms with Crippen molar-refractivity contribution in [3.05, 3.63) is 46.7 Å². The predicted molar refractivity (Wildman–Crippen MR) is 102 cm³/mol. The topological polar surface area (TPSA) is 61.4 Å². The molecule has 1 aromatic heterocycles. The van der Waals surface area contributed by atoms with E-state index in [-0.39, 0.29) is 6.03 Å². The van der Waals surface area contributed by atoms with Crippen LogP contribution >= 0.6 is 11.6 Å². The summed E-state index contributed by atoms with van der Waals surface area (Å²) in [4.78, 5) is 25.7. The Labute approximate surface area is 158 Å². The first kappa shape index (κ1) is 17.1. The average molecular weight is 372 g/mol. The number of benzene rings is 1. The smallest absolute Gasteiger partial charge is 0.320 e. The zero-order chi connectivity index (χ0) is 18.1. The van der Waals surface area contributed by atoms with Crippen LogP contribution in [0.4, 0.5) is 16.4 Å². The Morgan fingerprint density at radius 1 is 1.42 bits per heavy atom. The van der Waals surface area contributed by atoms with Crippen molar-refractivity contribution in [1.82, 2.24) is 19.8 Å². The summed E-state index contributed by atoms with van der Waals surface area (Å²) in [5.41, 5.74) is 2.88. The number of rotatable bonds is 4. The van der Waals surface area contributed by atoms with E-state index < -0.39 is 0 Å². The van der Waals surface area contributed by atoms with E-state index in [2.05, 4.69) is 15.3 Å². The van der Waals surface area contributed by atoms with Gasteiger partial charge in [-0.1, -0.05) is 17.7 Å². The summed E-state index contributed by atoms with van der Waals surface area (Å²) in [5.74, 6) is 0.555. The van der Waals surface area contributed by atoms with E-state index in [4.69, 9.17) is 11.6 Å². The lowest BCUT2D eigenvalue weighted by molar-refractivity contribution is 0.147. The van der Waals surface area contributed by atoms with Gasteiger partial charge in [0.05, 0.1) is 12.2 Å². The largest absolute Gasteiger partial charge is 0.324 e. The lowest BCUT2D eigenvalue weighted by Crippen LogP contribution is -2.46. The van der Waals surface area contributed by atoms with Crippen LogP contribution in [0.5, 0.6) is 0 Å². The van der Waals surface area contributed by atoms with E-state index >= 15 is 0 Å². The molecule has 2 aliphatic rings. The van der Waals surface area contributed by atoms with Gasteiger partial charge in [-0.15, -0.1) is 0 Å². The second-order valence-corrected chi connectivity index (χ2v) is 7.21. The first-order valence-corrected chi connectivity index (χ1v) is 9.44. The molecule has 6 nitrogen and oxygen atoms in total. The third-order valence-corrected chi connectivity index (χ3v) is 5.09. The highest BCUT2D eigenvalue weighted by Crippen LogP contribution is 2.29. The highest BCUT2D eigenvalue weighted by molar-refractivity contribution is 6.30. The van der Waals surface area contributed by atoms with Gasteiger partial charge in [-0.25, -0.2) is 14.8 Å². The number of fused-ring (bicyclic) bond motifs is 1. The molecule has 2 heterocycles. The first-order chi connectivity index (χ1) is 12.6. The van der Waals surface area contributed by atoms with Gasteiger partial charge < -0.3 is 15.1 Å². The molecule has 0 saturated heterocycles. The summed E-state index contributed by atoms with van der Waals surface area (Å²) in [6.07, 6.45) is 4.83. The molecule has 1 aromatic carbocycles. The molecular weight excluding hydrogens is 350 g/mol. The van der Waals surface area contributed by atoms with E-state index in [0.717, 1.165) is 42.8 Å². The number of nitrogens with one attached hydrogen (secondary N) is 1. The zero-order valence-corrected chi connectivity index (χ0v) is 15.5. The number of carbonyl (C=O) groups is 1. The van der Waals surface area contributed by atoms with Gasteiger partial charge in [-0.2, -0.15) is 0 Å². The minimum Gasteiger partial charge on any atom is -0.324 e. The van der Waals surface area contributed by atoms with E-state index in [0.29, 0.717) is 30.1 Å². The Bertz CT molecular complexity index is 823. The molecule has 1 fully saturated rings. The molecule has 0 atom stereocenters. The molecule has 136 valence electrons. The SMILES string of the molecule is CCN(C(=O)N1CCc2nc(Nc3cccc(Cl)c3)ncc2C1)C1CC1. The van der Waals surface area contributed by atoms with Crippen LogP contribution in [0.2, 0.25) is 5.02 Å². The van der Waals surface area contributed by atoms with Gasteiger partial charge in [-0.3, -0.25) is 0 Å². The summed E-state index contributed by atoms with van der Waals surface area (Å²) in [6.45, 7) is 4.09. The van der Waals surface area contributed by atoms with E-state index in [9.17, 15) is 4.79 Å². The van der Waals surface area contributed by atoms with E-state index in [1.54, 1.807) is 0 Å². The van der Waals surface area contributed by atoms with Gasteiger partial charge in [0.1, 0.15) is 0 Å². The third-order valence-electron chi connectivity index (χ3n) is 4.86. The van der Waals surface area contributed by atoms with Gasteiger partial charge in [0, 0.05) is 48.0 Å². The maximum absolute atomic E-state index is 12.7. The fourth-order valence-corrected chi connectivity index (χ4v) is 3.54. The lowest BCUT2D eigenvalue weighted by atomic mass is 10.1. The molecule has 2 amide bonds. The Hall–Kier alpha value is -2.34. The molecule has 0 radical (unpaired) electrons. The van der Waals surface area contributed by atoms with Crippen LogP contribution in [0.25, 0.3) is 0 Å². The zero-order valence-electron chi connectivity index (χ0n) is 14.8. The van der Waals surface area contributed by atoms with Crippen LogP contribution in [0.3, 0.4) is 0 Å². The van der Waals surface area contributed by atoms with Crippen LogP contribution in [0.15, 0.2) is 30.5 Å². The van der Waals surface area contributed by atoms with Crippen molar-refractivity contribution in [2.45, 2.75) is 38.8 Å². The maximum atomic E-state index is 12.7. The van der Waals surface area contributed by atoms with E-state index in [1.807, 2.05) is 47.2 Å². The monoisotopic (exact) mass is 371 g/mol. The molecule has 1 aliphatic heterocycles. The summed E-state index contributed by atoms with van der Waals surface area (Å²) in [5, 5.41) is 3.85. The number of nitrogens with zero attached hydrogens (tertiary/aromatic N) is 4. The summed E-state index contributed by atoms with van der Waals surface area (Å²) in [6, 6.07) is 8.05. The quantitative estimate of drug-likeness (QED) is 0.887. The van der Waals surface area contributed by atoms with Gasteiger partial charge in [0.25, 0.3) is 0 Å². The number of amides is 2. The number of aromatic nitrogens is 2.